The highest BCUT2D eigenvalue weighted by Gasteiger charge is 2.34. The molecule has 1 rings (SSSR count). The topological polar surface area (TPSA) is 49.5 Å². The van der Waals surface area contributed by atoms with Crippen molar-refractivity contribution >= 4 is 8.80 Å². The second kappa shape index (κ2) is 7.96. The van der Waals surface area contributed by atoms with E-state index in [2.05, 4.69) is 6.58 Å². The van der Waals surface area contributed by atoms with Crippen molar-refractivity contribution in [1.29, 1.82) is 0 Å². The van der Waals surface area contributed by atoms with Crippen LogP contribution in [0, 0.1) is 0 Å². The van der Waals surface area contributed by atoms with Crippen molar-refractivity contribution in [2.24, 2.45) is 0 Å². The zero-order valence-electron chi connectivity index (χ0n) is 10.6. The molecule has 1 atom stereocenters. The van der Waals surface area contributed by atoms with Gasteiger partial charge in [0.25, 0.3) is 0 Å². The molecular formula is C11H22O5Si. The molecule has 5 nitrogen and oxygen atoms in total. The van der Waals surface area contributed by atoms with Gasteiger partial charge in [0.15, 0.2) is 0 Å². The van der Waals surface area contributed by atoms with E-state index in [4.69, 9.17) is 22.8 Å². The van der Waals surface area contributed by atoms with Gasteiger partial charge in [0.1, 0.15) is 6.10 Å². The van der Waals surface area contributed by atoms with Crippen LogP contribution in [-0.4, -0.2) is 55.6 Å². The van der Waals surface area contributed by atoms with Crippen LogP contribution < -0.4 is 0 Å². The third-order valence-corrected chi connectivity index (χ3v) is 4.76. The van der Waals surface area contributed by atoms with Crippen LogP contribution in [0.4, 0.5) is 0 Å². The molecule has 0 amide bonds. The summed E-state index contributed by atoms with van der Waals surface area (Å²) in [5, 5.41) is 0. The molecule has 1 aliphatic rings. The van der Waals surface area contributed by atoms with Crippen molar-refractivity contribution in [2.45, 2.75) is 18.9 Å². The van der Waals surface area contributed by atoms with Gasteiger partial charge in [0.05, 0.1) is 13.2 Å². The molecule has 1 fully saturated rings. The lowest BCUT2D eigenvalue weighted by Crippen LogP contribution is -2.42. The normalized spacial score (nSPS) is 19.3. The van der Waals surface area contributed by atoms with Crippen molar-refractivity contribution < 1.29 is 22.8 Å². The summed E-state index contributed by atoms with van der Waals surface area (Å²) in [4.78, 5) is 0. The van der Waals surface area contributed by atoms with Crippen LogP contribution in [0.25, 0.3) is 0 Å². The van der Waals surface area contributed by atoms with Gasteiger partial charge in [0, 0.05) is 27.4 Å². The van der Waals surface area contributed by atoms with E-state index in [9.17, 15) is 0 Å². The van der Waals surface area contributed by atoms with Crippen molar-refractivity contribution in [2.75, 3.05) is 40.6 Å². The highest BCUT2D eigenvalue weighted by atomic mass is 28.4. The summed E-state index contributed by atoms with van der Waals surface area (Å²) in [6, 6.07) is 0. The summed E-state index contributed by atoms with van der Waals surface area (Å²) in [5.74, 6) is 0. The Kier molecular flexibility index (Phi) is 6.94. The smallest absolute Gasteiger partial charge is 0.379 e. The van der Waals surface area contributed by atoms with Gasteiger partial charge in [0.2, 0.25) is 0 Å². The molecule has 1 saturated heterocycles. The number of epoxide rings is 1. The minimum Gasteiger partial charge on any atom is -0.379 e. The fourth-order valence-corrected chi connectivity index (χ4v) is 2.61. The SMILES string of the molecule is C=C[Si](OC)(OC)OCCCCOCC1CO1. The van der Waals surface area contributed by atoms with Crippen LogP contribution in [0.3, 0.4) is 0 Å². The Balaban J connectivity index is 1.95. The first-order valence-corrected chi connectivity index (χ1v) is 7.63. The summed E-state index contributed by atoms with van der Waals surface area (Å²) in [5.41, 5.74) is 1.63. The highest BCUT2D eigenvalue weighted by Crippen LogP contribution is 2.10. The average Bonchev–Trinajstić information content (AvgIpc) is 3.18. The third kappa shape index (κ3) is 5.76. The van der Waals surface area contributed by atoms with Crippen LogP contribution in [0.5, 0.6) is 0 Å². The summed E-state index contributed by atoms with van der Waals surface area (Å²) in [6.07, 6.45) is 2.22. The fourth-order valence-electron chi connectivity index (χ4n) is 1.33. The molecule has 1 heterocycles. The van der Waals surface area contributed by atoms with Gasteiger partial charge in [-0.2, -0.15) is 0 Å². The monoisotopic (exact) mass is 262 g/mol. The lowest BCUT2D eigenvalue weighted by molar-refractivity contribution is 0.0927. The van der Waals surface area contributed by atoms with E-state index in [1.54, 1.807) is 19.9 Å². The molecule has 100 valence electrons. The molecular weight excluding hydrogens is 240 g/mol. The van der Waals surface area contributed by atoms with E-state index in [0.29, 0.717) is 19.3 Å². The Morgan fingerprint density at radius 2 is 1.94 bits per heavy atom. The van der Waals surface area contributed by atoms with Crippen LogP contribution in [0.15, 0.2) is 12.3 Å². The maximum atomic E-state index is 5.61. The van der Waals surface area contributed by atoms with Crippen LogP contribution in [0.1, 0.15) is 12.8 Å². The molecule has 0 spiro atoms. The Morgan fingerprint density at radius 3 is 2.47 bits per heavy atom. The molecule has 0 aromatic rings. The van der Waals surface area contributed by atoms with E-state index in [0.717, 1.165) is 26.1 Å². The van der Waals surface area contributed by atoms with E-state index < -0.39 is 8.80 Å². The van der Waals surface area contributed by atoms with Crippen LogP contribution >= 0.6 is 0 Å². The van der Waals surface area contributed by atoms with E-state index in [-0.39, 0.29) is 0 Å². The third-order valence-electron chi connectivity index (χ3n) is 2.51. The van der Waals surface area contributed by atoms with Crippen LogP contribution in [0.2, 0.25) is 0 Å². The largest absolute Gasteiger partial charge is 0.528 e. The molecule has 1 unspecified atom stereocenters. The van der Waals surface area contributed by atoms with Gasteiger partial charge < -0.3 is 22.8 Å². The quantitative estimate of drug-likeness (QED) is 0.318. The second-order valence-corrected chi connectivity index (χ2v) is 6.52. The van der Waals surface area contributed by atoms with Gasteiger partial charge >= 0.3 is 8.80 Å². The zero-order chi connectivity index (χ0) is 12.6. The van der Waals surface area contributed by atoms with Crippen molar-refractivity contribution in [3.05, 3.63) is 12.3 Å². The standard InChI is InChI=1S/C11H22O5Si/c1-4-17(12-2,13-3)16-8-6-5-7-14-9-11-10-15-11/h4,11H,1,5-10H2,2-3H3. The molecule has 0 aromatic heterocycles. The van der Waals surface area contributed by atoms with Gasteiger partial charge in [-0.15, -0.1) is 0 Å². The summed E-state index contributed by atoms with van der Waals surface area (Å²) < 4.78 is 26.5. The van der Waals surface area contributed by atoms with Gasteiger partial charge in [-0.1, -0.05) is 6.58 Å². The molecule has 0 saturated carbocycles. The summed E-state index contributed by atoms with van der Waals surface area (Å²) >= 11 is 0. The fraction of sp³-hybridized carbons (Fsp3) is 0.818. The minimum atomic E-state index is -2.59. The molecule has 0 radical (unpaired) electrons. The maximum absolute atomic E-state index is 5.61. The average molecular weight is 262 g/mol. The molecule has 1 aliphatic heterocycles. The first-order chi connectivity index (χ1) is 8.26. The lowest BCUT2D eigenvalue weighted by Gasteiger charge is -2.22. The zero-order valence-corrected chi connectivity index (χ0v) is 11.6. The number of hydrogen-bond donors (Lipinski definition) is 0. The number of rotatable bonds is 11. The number of unbranched alkanes of at least 4 members (excludes halogenated alkanes) is 1. The Bertz CT molecular complexity index is 216. The van der Waals surface area contributed by atoms with E-state index in [1.807, 2.05) is 0 Å². The number of hydrogen-bond acceptors (Lipinski definition) is 5. The summed E-state index contributed by atoms with van der Waals surface area (Å²) in [6.45, 7) is 6.58. The highest BCUT2D eigenvalue weighted by molar-refractivity contribution is 6.66. The van der Waals surface area contributed by atoms with Gasteiger partial charge in [-0.3, -0.25) is 0 Å². The van der Waals surface area contributed by atoms with Crippen molar-refractivity contribution in [3.63, 3.8) is 0 Å². The Hall–Kier alpha value is -0.243. The predicted octanol–water partition coefficient (Wildman–Crippen LogP) is 1.16. The molecule has 17 heavy (non-hydrogen) atoms. The second-order valence-electron chi connectivity index (χ2n) is 3.80. The predicted molar refractivity (Wildman–Crippen MR) is 65.7 cm³/mol. The molecule has 0 N–H and O–H groups in total. The first-order valence-electron chi connectivity index (χ1n) is 5.83. The van der Waals surface area contributed by atoms with Crippen LogP contribution in [-0.2, 0) is 22.8 Å². The molecule has 0 aliphatic carbocycles. The number of ether oxygens (including phenoxy) is 2. The van der Waals surface area contributed by atoms with E-state index in [1.165, 1.54) is 0 Å². The van der Waals surface area contributed by atoms with Crippen molar-refractivity contribution in [3.8, 4) is 0 Å². The lowest BCUT2D eigenvalue weighted by atomic mass is 10.3. The molecule has 0 aromatic carbocycles. The van der Waals surface area contributed by atoms with Gasteiger partial charge in [-0.05, 0) is 18.5 Å². The van der Waals surface area contributed by atoms with Gasteiger partial charge in [-0.25, -0.2) is 0 Å². The molecule has 6 heteroatoms. The molecule has 0 bridgehead atoms. The summed E-state index contributed by atoms with van der Waals surface area (Å²) in [7, 11) is 0.568. The van der Waals surface area contributed by atoms with E-state index >= 15 is 0 Å². The first kappa shape index (κ1) is 14.8. The van der Waals surface area contributed by atoms with Crippen molar-refractivity contribution in [1.82, 2.24) is 0 Å². The maximum Gasteiger partial charge on any atom is 0.528 e. The Labute approximate surface area is 104 Å². The minimum absolute atomic E-state index is 0.342. The Morgan fingerprint density at radius 1 is 1.29 bits per heavy atom.